The Hall–Kier alpha value is -2.60. The van der Waals surface area contributed by atoms with Crippen LogP contribution in [0.15, 0.2) is 42.5 Å². The van der Waals surface area contributed by atoms with Crippen molar-refractivity contribution in [1.82, 2.24) is 0 Å². The van der Waals surface area contributed by atoms with E-state index >= 15 is 0 Å². The van der Waals surface area contributed by atoms with Gasteiger partial charge >= 0.3 is 5.97 Å². The molecule has 1 saturated carbocycles. The molecule has 35 heavy (non-hydrogen) atoms. The summed E-state index contributed by atoms with van der Waals surface area (Å²) in [6.45, 7) is 4.39. The van der Waals surface area contributed by atoms with Crippen molar-refractivity contribution in [1.29, 1.82) is 5.26 Å². The fourth-order valence-electron chi connectivity index (χ4n) is 5.40. The van der Waals surface area contributed by atoms with E-state index in [9.17, 15) is 10.1 Å². The molecular formula is C32H43NO2. The summed E-state index contributed by atoms with van der Waals surface area (Å²) >= 11 is 0. The van der Waals surface area contributed by atoms with Crippen LogP contribution in [0.1, 0.15) is 120 Å². The van der Waals surface area contributed by atoms with E-state index in [2.05, 4.69) is 44.2 Å². The van der Waals surface area contributed by atoms with Crippen LogP contribution in [-0.2, 0) is 23.1 Å². The number of hydrogen-bond donors (Lipinski definition) is 0. The minimum Gasteiger partial charge on any atom is -0.424 e. The van der Waals surface area contributed by atoms with Gasteiger partial charge in [0.2, 0.25) is 0 Å². The molecule has 0 bridgehead atoms. The van der Waals surface area contributed by atoms with Crippen molar-refractivity contribution < 1.29 is 9.53 Å². The lowest BCUT2D eigenvalue weighted by Crippen LogP contribution is -2.41. The number of hydrogen-bond acceptors (Lipinski definition) is 3. The third kappa shape index (κ3) is 7.44. The summed E-state index contributed by atoms with van der Waals surface area (Å²) in [6, 6.07) is 16.5. The van der Waals surface area contributed by atoms with E-state index in [0.29, 0.717) is 11.3 Å². The van der Waals surface area contributed by atoms with Gasteiger partial charge in [-0.1, -0.05) is 108 Å². The zero-order valence-electron chi connectivity index (χ0n) is 21.9. The van der Waals surface area contributed by atoms with Gasteiger partial charge in [-0.05, 0) is 60.9 Å². The molecule has 1 aliphatic rings. The summed E-state index contributed by atoms with van der Waals surface area (Å²) in [5, 5.41) is 9.78. The molecule has 3 rings (SSSR count). The summed E-state index contributed by atoms with van der Waals surface area (Å²) in [5.74, 6) is 0.182. The van der Waals surface area contributed by atoms with Crippen LogP contribution in [0.4, 0.5) is 0 Å². The maximum Gasteiger partial charge on any atom is 0.321 e. The Morgan fingerprint density at radius 3 is 2.11 bits per heavy atom. The highest BCUT2D eigenvalue weighted by molar-refractivity contribution is 5.85. The monoisotopic (exact) mass is 473 g/mol. The first-order valence-corrected chi connectivity index (χ1v) is 14.0. The van der Waals surface area contributed by atoms with Gasteiger partial charge in [-0.2, -0.15) is 5.26 Å². The third-order valence-electron chi connectivity index (χ3n) is 7.70. The van der Waals surface area contributed by atoms with E-state index in [1.807, 2.05) is 18.2 Å². The number of ether oxygens (including phenoxy) is 1. The number of carbonyl (C=O) groups excluding carboxylic acids is 1. The average molecular weight is 474 g/mol. The molecule has 0 saturated heterocycles. The molecule has 0 atom stereocenters. The molecule has 1 fully saturated rings. The standard InChI is InChI=1S/C32H43NO2/c1-3-5-6-7-8-9-10-12-15-27-18-21-30(28(24-27)25-33)35-31(34)32(22-13-11-14-23-32)29-19-16-26(4-2)17-20-29/h16-21,24H,3-15,22-23H2,1-2H3. The molecular weight excluding hydrogens is 430 g/mol. The molecule has 0 unspecified atom stereocenters. The molecule has 0 amide bonds. The Bertz CT molecular complexity index is 964. The Morgan fingerprint density at radius 1 is 0.857 bits per heavy atom. The lowest BCUT2D eigenvalue weighted by molar-refractivity contribution is -0.142. The van der Waals surface area contributed by atoms with Crippen LogP contribution >= 0.6 is 0 Å². The van der Waals surface area contributed by atoms with Gasteiger partial charge in [-0.3, -0.25) is 4.79 Å². The van der Waals surface area contributed by atoms with Gasteiger partial charge < -0.3 is 4.74 Å². The van der Waals surface area contributed by atoms with Crippen LogP contribution in [0, 0.1) is 11.3 Å². The highest BCUT2D eigenvalue weighted by Gasteiger charge is 2.43. The minimum absolute atomic E-state index is 0.214. The Kier molecular flexibility index (Phi) is 10.9. The van der Waals surface area contributed by atoms with Crippen molar-refractivity contribution in [2.75, 3.05) is 0 Å². The van der Waals surface area contributed by atoms with Gasteiger partial charge in [0.05, 0.1) is 11.0 Å². The fraction of sp³-hybridized carbons (Fsp3) is 0.562. The average Bonchev–Trinajstić information content (AvgIpc) is 2.91. The zero-order valence-corrected chi connectivity index (χ0v) is 21.9. The molecule has 0 spiro atoms. The van der Waals surface area contributed by atoms with Crippen LogP contribution < -0.4 is 4.74 Å². The van der Waals surface area contributed by atoms with Crippen LogP contribution in [0.5, 0.6) is 5.75 Å². The van der Waals surface area contributed by atoms with Gasteiger partial charge in [0, 0.05) is 0 Å². The van der Waals surface area contributed by atoms with Crippen molar-refractivity contribution in [3.63, 3.8) is 0 Å². The first-order valence-electron chi connectivity index (χ1n) is 14.0. The number of nitriles is 1. The lowest BCUT2D eigenvalue weighted by atomic mass is 9.69. The van der Waals surface area contributed by atoms with Gasteiger partial charge in [-0.15, -0.1) is 0 Å². The van der Waals surface area contributed by atoms with Gasteiger partial charge in [0.1, 0.15) is 11.8 Å². The first-order chi connectivity index (χ1) is 17.1. The smallest absolute Gasteiger partial charge is 0.321 e. The quantitative estimate of drug-likeness (QED) is 0.166. The summed E-state index contributed by atoms with van der Waals surface area (Å²) in [6.07, 6.45) is 17.0. The van der Waals surface area contributed by atoms with Gasteiger partial charge in [0.25, 0.3) is 0 Å². The predicted octanol–water partition coefficient (Wildman–Crippen LogP) is 8.61. The summed E-state index contributed by atoms with van der Waals surface area (Å²) in [5.41, 5.74) is 3.31. The highest BCUT2D eigenvalue weighted by Crippen LogP contribution is 2.41. The number of carbonyl (C=O) groups is 1. The van der Waals surface area contributed by atoms with Crippen LogP contribution in [0.3, 0.4) is 0 Å². The Balaban J connectivity index is 1.63. The molecule has 0 N–H and O–H groups in total. The fourth-order valence-corrected chi connectivity index (χ4v) is 5.40. The second-order valence-electron chi connectivity index (χ2n) is 10.2. The normalized spacial score (nSPS) is 14.9. The largest absolute Gasteiger partial charge is 0.424 e. The van der Waals surface area contributed by atoms with E-state index < -0.39 is 5.41 Å². The molecule has 2 aromatic carbocycles. The minimum atomic E-state index is -0.618. The molecule has 2 aromatic rings. The molecule has 3 nitrogen and oxygen atoms in total. The first kappa shape index (κ1) is 27.0. The number of esters is 1. The van der Waals surface area contributed by atoms with Crippen LogP contribution in [0.2, 0.25) is 0 Å². The number of unbranched alkanes of at least 4 members (excludes halogenated alkanes) is 7. The van der Waals surface area contributed by atoms with Crippen molar-refractivity contribution in [2.45, 2.75) is 116 Å². The van der Waals surface area contributed by atoms with E-state index in [-0.39, 0.29) is 5.97 Å². The van der Waals surface area contributed by atoms with Crippen molar-refractivity contribution in [2.24, 2.45) is 0 Å². The molecule has 3 heteroatoms. The summed E-state index contributed by atoms with van der Waals surface area (Å²) in [7, 11) is 0. The second-order valence-corrected chi connectivity index (χ2v) is 10.2. The maximum atomic E-state index is 13.6. The molecule has 0 heterocycles. The molecule has 0 aromatic heterocycles. The lowest BCUT2D eigenvalue weighted by Gasteiger charge is -2.35. The van der Waals surface area contributed by atoms with E-state index in [1.165, 1.54) is 50.5 Å². The molecule has 0 radical (unpaired) electrons. The summed E-state index contributed by atoms with van der Waals surface area (Å²) < 4.78 is 5.97. The van der Waals surface area contributed by atoms with Gasteiger partial charge in [-0.25, -0.2) is 0 Å². The van der Waals surface area contributed by atoms with Crippen LogP contribution in [0.25, 0.3) is 0 Å². The third-order valence-corrected chi connectivity index (χ3v) is 7.70. The second kappa shape index (κ2) is 14.1. The van der Waals surface area contributed by atoms with Crippen molar-refractivity contribution in [3.05, 3.63) is 64.7 Å². The van der Waals surface area contributed by atoms with E-state index in [4.69, 9.17) is 4.74 Å². The van der Waals surface area contributed by atoms with Crippen molar-refractivity contribution in [3.8, 4) is 11.8 Å². The van der Waals surface area contributed by atoms with E-state index in [0.717, 1.165) is 62.5 Å². The molecule has 188 valence electrons. The predicted molar refractivity (Wildman–Crippen MR) is 144 cm³/mol. The number of aryl methyl sites for hydroxylation is 2. The number of rotatable bonds is 13. The molecule has 0 aliphatic heterocycles. The highest BCUT2D eigenvalue weighted by atomic mass is 16.5. The SMILES string of the molecule is CCCCCCCCCCc1ccc(OC(=O)C2(c3ccc(CC)cc3)CCCCC2)c(C#N)c1. The number of nitrogens with zero attached hydrogens (tertiary/aromatic N) is 1. The van der Waals surface area contributed by atoms with Crippen LogP contribution in [-0.4, -0.2) is 5.97 Å². The zero-order chi connectivity index (χ0) is 24.9. The summed E-state index contributed by atoms with van der Waals surface area (Å²) in [4.78, 5) is 13.6. The number of benzene rings is 2. The topological polar surface area (TPSA) is 50.1 Å². The van der Waals surface area contributed by atoms with E-state index in [1.54, 1.807) is 0 Å². The van der Waals surface area contributed by atoms with Gasteiger partial charge in [0.15, 0.2) is 0 Å². The Morgan fingerprint density at radius 2 is 1.49 bits per heavy atom. The molecule has 1 aliphatic carbocycles. The maximum absolute atomic E-state index is 13.6. The Labute approximate surface area is 212 Å². The van der Waals surface area contributed by atoms with Crippen molar-refractivity contribution >= 4 is 5.97 Å².